The van der Waals surface area contributed by atoms with Crippen LogP contribution in [-0.4, -0.2) is 5.96 Å². The molecule has 3 aromatic carbocycles. The molecule has 2 N–H and O–H groups in total. The number of hydrogen-bond donors (Lipinski definition) is 2. The van der Waals surface area contributed by atoms with Gasteiger partial charge in [-0.25, -0.2) is 4.99 Å². The molecule has 2 atom stereocenters. The lowest BCUT2D eigenvalue weighted by Gasteiger charge is -2.19. The lowest BCUT2D eigenvalue weighted by molar-refractivity contribution is 0.570. The lowest BCUT2D eigenvalue weighted by atomic mass is 9.95. The molecule has 0 saturated carbocycles. The minimum Gasteiger partial charge on any atom is -0.352 e. The molecule has 1 aliphatic heterocycles. The quantitative estimate of drug-likeness (QED) is 0.732. The first-order valence-electron chi connectivity index (χ1n) is 9.03. The third kappa shape index (κ3) is 3.62. The van der Waals surface area contributed by atoms with E-state index in [1.807, 2.05) is 12.1 Å². The maximum atomic E-state index is 4.95. The molecule has 0 radical (unpaired) electrons. The van der Waals surface area contributed by atoms with Gasteiger partial charge < -0.3 is 10.6 Å². The van der Waals surface area contributed by atoms with Gasteiger partial charge in [0.15, 0.2) is 5.96 Å². The van der Waals surface area contributed by atoms with Crippen LogP contribution in [0.3, 0.4) is 0 Å². The van der Waals surface area contributed by atoms with E-state index in [1.165, 1.54) is 22.3 Å². The van der Waals surface area contributed by atoms with Crippen molar-refractivity contribution in [2.24, 2.45) is 4.99 Å². The second kappa shape index (κ2) is 7.44. The summed E-state index contributed by atoms with van der Waals surface area (Å²) in [4.78, 5) is 4.95. The molecule has 4 rings (SSSR count). The number of nitrogens with zero attached hydrogens (tertiary/aromatic N) is 1. The molecule has 0 unspecified atom stereocenters. The molecule has 0 saturated heterocycles. The summed E-state index contributed by atoms with van der Waals surface area (Å²) in [5, 5.41) is 7.04. The molecule has 3 nitrogen and oxygen atoms in total. The third-order valence-corrected chi connectivity index (χ3v) is 4.72. The van der Waals surface area contributed by atoms with Crippen molar-refractivity contribution < 1.29 is 0 Å². The summed E-state index contributed by atoms with van der Waals surface area (Å²) >= 11 is 0. The standard InChI is InChI=1S/C23H23N3/c1-17-9-8-10-18(15-17)16-24-23-25-21(19-11-4-2-5-12-19)22(26-23)20-13-6-3-7-14-20/h2-15,21-22H,16H2,1H3,(H2,24,25,26)/t21-,22+. The highest BCUT2D eigenvalue weighted by Gasteiger charge is 2.30. The van der Waals surface area contributed by atoms with Crippen LogP contribution in [0.15, 0.2) is 89.9 Å². The Bertz CT molecular complexity index is 888. The predicted octanol–water partition coefficient (Wildman–Crippen LogP) is 4.53. The SMILES string of the molecule is Cc1cccc(CNC2=N[C@@H](c3ccccc3)[C@@H](c3ccccc3)N2)c1. The smallest absolute Gasteiger partial charge is 0.192 e. The van der Waals surface area contributed by atoms with E-state index in [9.17, 15) is 0 Å². The van der Waals surface area contributed by atoms with Crippen molar-refractivity contribution in [3.8, 4) is 0 Å². The molecule has 3 heteroatoms. The van der Waals surface area contributed by atoms with Crippen molar-refractivity contribution in [1.82, 2.24) is 10.6 Å². The van der Waals surface area contributed by atoms with Crippen molar-refractivity contribution in [2.45, 2.75) is 25.6 Å². The summed E-state index contributed by atoms with van der Waals surface area (Å²) in [6.45, 7) is 2.88. The van der Waals surface area contributed by atoms with Crippen LogP contribution >= 0.6 is 0 Å². The topological polar surface area (TPSA) is 36.4 Å². The van der Waals surface area contributed by atoms with Crippen molar-refractivity contribution >= 4 is 5.96 Å². The Morgan fingerprint density at radius 1 is 0.846 bits per heavy atom. The molecule has 0 fully saturated rings. The fourth-order valence-electron chi connectivity index (χ4n) is 3.42. The molecule has 0 aromatic heterocycles. The van der Waals surface area contributed by atoms with Crippen LogP contribution in [0.1, 0.15) is 34.3 Å². The Hall–Kier alpha value is -3.07. The Morgan fingerprint density at radius 2 is 1.54 bits per heavy atom. The minimum absolute atomic E-state index is 0.0682. The van der Waals surface area contributed by atoms with Crippen LogP contribution in [0.4, 0.5) is 0 Å². The molecule has 130 valence electrons. The van der Waals surface area contributed by atoms with Crippen LogP contribution in [0.25, 0.3) is 0 Å². The zero-order valence-corrected chi connectivity index (χ0v) is 14.9. The first-order valence-corrected chi connectivity index (χ1v) is 9.03. The number of aryl methyl sites for hydroxylation is 1. The van der Waals surface area contributed by atoms with Crippen molar-refractivity contribution in [1.29, 1.82) is 0 Å². The lowest BCUT2D eigenvalue weighted by Crippen LogP contribution is -2.35. The summed E-state index contributed by atoms with van der Waals surface area (Å²) in [6, 6.07) is 29.8. The monoisotopic (exact) mass is 341 g/mol. The van der Waals surface area contributed by atoms with E-state index in [0.717, 1.165) is 12.5 Å². The highest BCUT2D eigenvalue weighted by atomic mass is 15.3. The van der Waals surface area contributed by atoms with Gasteiger partial charge in [0, 0.05) is 6.54 Å². The Labute approximate surface area is 154 Å². The first kappa shape index (κ1) is 16.4. The van der Waals surface area contributed by atoms with Gasteiger partial charge in [-0.3, -0.25) is 0 Å². The zero-order valence-electron chi connectivity index (χ0n) is 14.9. The van der Waals surface area contributed by atoms with Gasteiger partial charge in [0.25, 0.3) is 0 Å². The summed E-state index contributed by atoms with van der Waals surface area (Å²) in [7, 11) is 0. The van der Waals surface area contributed by atoms with Crippen LogP contribution in [0.5, 0.6) is 0 Å². The van der Waals surface area contributed by atoms with E-state index in [1.54, 1.807) is 0 Å². The summed E-state index contributed by atoms with van der Waals surface area (Å²) in [5.41, 5.74) is 5.00. The average Bonchev–Trinajstić information content (AvgIpc) is 3.12. The number of hydrogen-bond acceptors (Lipinski definition) is 3. The Kier molecular flexibility index (Phi) is 4.69. The minimum atomic E-state index is 0.0682. The first-order chi connectivity index (χ1) is 12.8. The maximum absolute atomic E-state index is 4.95. The van der Waals surface area contributed by atoms with E-state index in [0.29, 0.717) is 0 Å². The van der Waals surface area contributed by atoms with Crippen molar-refractivity contribution in [3.63, 3.8) is 0 Å². The fraction of sp³-hybridized carbons (Fsp3) is 0.174. The van der Waals surface area contributed by atoms with Gasteiger partial charge in [-0.15, -0.1) is 0 Å². The largest absolute Gasteiger partial charge is 0.352 e. The highest BCUT2D eigenvalue weighted by Crippen LogP contribution is 2.35. The van der Waals surface area contributed by atoms with Crippen LogP contribution in [0.2, 0.25) is 0 Å². The zero-order chi connectivity index (χ0) is 17.8. The van der Waals surface area contributed by atoms with E-state index in [4.69, 9.17) is 4.99 Å². The van der Waals surface area contributed by atoms with Gasteiger partial charge in [0.1, 0.15) is 6.04 Å². The summed E-state index contributed by atoms with van der Waals surface area (Å²) in [5.74, 6) is 0.856. The molecule has 1 heterocycles. The number of rotatable bonds is 4. The molecule has 0 bridgehead atoms. The second-order valence-corrected chi connectivity index (χ2v) is 6.71. The normalized spacial score (nSPS) is 18.9. The molecule has 1 aliphatic rings. The van der Waals surface area contributed by atoms with Gasteiger partial charge in [0.2, 0.25) is 0 Å². The van der Waals surface area contributed by atoms with Gasteiger partial charge in [-0.2, -0.15) is 0 Å². The third-order valence-electron chi connectivity index (χ3n) is 4.72. The van der Waals surface area contributed by atoms with Crippen LogP contribution in [0, 0.1) is 6.92 Å². The second-order valence-electron chi connectivity index (χ2n) is 6.71. The van der Waals surface area contributed by atoms with Crippen LogP contribution in [-0.2, 0) is 6.54 Å². The average molecular weight is 341 g/mol. The Balaban J connectivity index is 1.56. The van der Waals surface area contributed by atoms with Gasteiger partial charge >= 0.3 is 0 Å². The predicted molar refractivity (Wildman–Crippen MR) is 107 cm³/mol. The van der Waals surface area contributed by atoms with E-state index in [2.05, 4.69) is 90.4 Å². The molecule has 0 amide bonds. The number of aliphatic imine (C=N–C) groups is 1. The van der Waals surface area contributed by atoms with Crippen molar-refractivity contribution in [2.75, 3.05) is 0 Å². The molecule has 0 aliphatic carbocycles. The maximum Gasteiger partial charge on any atom is 0.192 e. The van der Waals surface area contributed by atoms with Gasteiger partial charge in [-0.05, 0) is 23.6 Å². The summed E-state index contributed by atoms with van der Waals surface area (Å²) in [6.07, 6.45) is 0. The Morgan fingerprint density at radius 3 is 2.23 bits per heavy atom. The van der Waals surface area contributed by atoms with E-state index >= 15 is 0 Å². The molecule has 0 spiro atoms. The summed E-state index contributed by atoms with van der Waals surface area (Å²) < 4.78 is 0. The number of benzene rings is 3. The van der Waals surface area contributed by atoms with Crippen molar-refractivity contribution in [3.05, 3.63) is 107 Å². The van der Waals surface area contributed by atoms with E-state index in [-0.39, 0.29) is 12.1 Å². The van der Waals surface area contributed by atoms with Gasteiger partial charge in [0.05, 0.1) is 6.04 Å². The van der Waals surface area contributed by atoms with E-state index < -0.39 is 0 Å². The van der Waals surface area contributed by atoms with Crippen LogP contribution < -0.4 is 10.6 Å². The number of guanidine groups is 1. The number of nitrogens with one attached hydrogen (secondary N) is 2. The molecule has 3 aromatic rings. The molecular weight excluding hydrogens is 318 g/mol. The van der Waals surface area contributed by atoms with Gasteiger partial charge in [-0.1, -0.05) is 90.5 Å². The molecular formula is C23H23N3. The fourth-order valence-corrected chi connectivity index (χ4v) is 3.42. The molecule has 26 heavy (non-hydrogen) atoms. The highest BCUT2D eigenvalue weighted by molar-refractivity contribution is 5.82.